The Morgan fingerprint density at radius 1 is 1.14 bits per heavy atom. The molecule has 0 aromatic heterocycles. The maximum Gasteiger partial charge on any atom is -0.0228 e. The Hall–Kier alpha value is -1.04. The van der Waals surface area contributed by atoms with Gasteiger partial charge in [-0.1, -0.05) is 56.7 Å². The maximum atomic E-state index is 2.22. The van der Waals surface area contributed by atoms with Crippen molar-refractivity contribution in [2.24, 2.45) is 0 Å². The molecule has 1 rings (SSSR count). The average molecular weight is 190 g/mol. The van der Waals surface area contributed by atoms with E-state index in [1.54, 1.807) is 0 Å². The van der Waals surface area contributed by atoms with Gasteiger partial charge in [0.15, 0.2) is 0 Å². The van der Waals surface area contributed by atoms with Crippen molar-refractivity contribution in [2.45, 2.75) is 41.0 Å². The van der Waals surface area contributed by atoms with Gasteiger partial charge in [-0.2, -0.15) is 0 Å². The molecule has 0 nitrogen and oxygen atoms in total. The molecule has 0 heteroatoms. The monoisotopic (exact) mass is 190 g/mol. The lowest BCUT2D eigenvalue weighted by Gasteiger charge is -2.00. The highest BCUT2D eigenvalue weighted by Gasteiger charge is 1.92. The fraction of sp³-hybridized carbons (Fsp3) is 0.429. The summed E-state index contributed by atoms with van der Waals surface area (Å²) in [5.74, 6) is 0. The summed E-state index contributed by atoms with van der Waals surface area (Å²) < 4.78 is 0. The summed E-state index contributed by atoms with van der Waals surface area (Å²) in [5.41, 5.74) is 4.03. The molecule has 0 amide bonds. The molecule has 0 saturated carbocycles. The lowest BCUT2D eigenvalue weighted by Crippen LogP contribution is -1.81. The number of aryl methyl sites for hydroxylation is 2. The first-order chi connectivity index (χ1) is 6.74. The fourth-order valence-corrected chi connectivity index (χ4v) is 1.18. The lowest BCUT2D eigenvalue weighted by atomic mass is 10.1. The maximum absolute atomic E-state index is 2.22. The van der Waals surface area contributed by atoms with Gasteiger partial charge in [0.2, 0.25) is 0 Å². The molecule has 0 aliphatic carbocycles. The van der Waals surface area contributed by atoms with E-state index in [2.05, 4.69) is 51.1 Å². The van der Waals surface area contributed by atoms with Crippen molar-refractivity contribution in [2.75, 3.05) is 0 Å². The van der Waals surface area contributed by atoms with E-state index in [0.717, 1.165) is 6.42 Å². The Morgan fingerprint density at radius 2 is 1.79 bits per heavy atom. The van der Waals surface area contributed by atoms with E-state index in [4.69, 9.17) is 0 Å². The van der Waals surface area contributed by atoms with E-state index in [9.17, 15) is 0 Å². The van der Waals surface area contributed by atoms with Crippen molar-refractivity contribution in [3.8, 4) is 0 Å². The van der Waals surface area contributed by atoms with Gasteiger partial charge in [0.1, 0.15) is 0 Å². The number of hydrogen-bond acceptors (Lipinski definition) is 0. The molecule has 0 N–H and O–H groups in total. The molecule has 0 atom stereocenters. The normalized spacial score (nSPS) is 9.79. The highest BCUT2D eigenvalue weighted by Crippen LogP contribution is 2.12. The first-order valence-corrected chi connectivity index (χ1v) is 5.48. The van der Waals surface area contributed by atoms with Gasteiger partial charge >= 0.3 is 0 Å². The van der Waals surface area contributed by atoms with Crippen LogP contribution in [0.5, 0.6) is 0 Å². The molecule has 14 heavy (non-hydrogen) atoms. The summed E-state index contributed by atoms with van der Waals surface area (Å²) in [6.45, 7) is 10.4. The minimum atomic E-state index is 1.10. The van der Waals surface area contributed by atoms with Crippen molar-refractivity contribution in [1.29, 1.82) is 0 Å². The Morgan fingerprint density at radius 3 is 2.36 bits per heavy atom. The number of benzene rings is 1. The summed E-state index contributed by atoms with van der Waals surface area (Å²) in [6, 6.07) is 6.55. The zero-order chi connectivity index (χ0) is 11.0. The van der Waals surface area contributed by atoms with Crippen LogP contribution >= 0.6 is 0 Å². The van der Waals surface area contributed by atoms with E-state index in [1.165, 1.54) is 16.7 Å². The molecule has 0 saturated heterocycles. The first-order valence-electron chi connectivity index (χ1n) is 5.48. The Balaban J connectivity index is 0.000000791. The molecule has 0 aliphatic heterocycles. The van der Waals surface area contributed by atoms with Crippen molar-refractivity contribution >= 4 is 6.08 Å². The largest absolute Gasteiger partial charge is 0.0842 e. The zero-order valence-electron chi connectivity index (χ0n) is 10.1. The molecule has 1 aromatic rings. The predicted molar refractivity (Wildman–Crippen MR) is 66.6 cm³/mol. The number of rotatable bonds is 2. The van der Waals surface area contributed by atoms with Crippen molar-refractivity contribution in [1.82, 2.24) is 0 Å². The van der Waals surface area contributed by atoms with E-state index in [-0.39, 0.29) is 0 Å². The Labute approximate surface area is 88.7 Å². The van der Waals surface area contributed by atoms with Gasteiger partial charge in [0, 0.05) is 0 Å². The molecule has 0 heterocycles. The standard InChI is InChI=1S/C12H16.C2H6/c1-4-5-6-12-9-10(2)7-8-11(12)3;1-2/h5-9H,4H2,1-3H3;1-2H3/b6-5-;. The lowest BCUT2D eigenvalue weighted by molar-refractivity contribution is 1.23. The van der Waals surface area contributed by atoms with Crippen molar-refractivity contribution in [3.63, 3.8) is 0 Å². The fourth-order valence-electron chi connectivity index (χ4n) is 1.18. The van der Waals surface area contributed by atoms with E-state index >= 15 is 0 Å². The second-order valence-electron chi connectivity index (χ2n) is 3.17. The van der Waals surface area contributed by atoms with Crippen LogP contribution in [0.15, 0.2) is 24.3 Å². The van der Waals surface area contributed by atoms with Crippen LogP contribution in [0.2, 0.25) is 0 Å². The summed E-state index contributed by atoms with van der Waals surface area (Å²) in [4.78, 5) is 0. The van der Waals surface area contributed by atoms with Gasteiger partial charge < -0.3 is 0 Å². The molecule has 0 spiro atoms. The van der Waals surface area contributed by atoms with Gasteiger partial charge in [-0.05, 0) is 31.4 Å². The van der Waals surface area contributed by atoms with Gasteiger partial charge in [-0.3, -0.25) is 0 Å². The third-order valence-electron chi connectivity index (χ3n) is 1.97. The molecule has 0 fully saturated rings. The molecule has 0 radical (unpaired) electrons. The first kappa shape index (κ1) is 13.0. The quantitative estimate of drug-likeness (QED) is 0.631. The van der Waals surface area contributed by atoms with Crippen molar-refractivity contribution < 1.29 is 0 Å². The topological polar surface area (TPSA) is 0 Å². The zero-order valence-corrected chi connectivity index (χ0v) is 10.1. The van der Waals surface area contributed by atoms with Crippen LogP contribution in [0.1, 0.15) is 43.9 Å². The van der Waals surface area contributed by atoms with E-state index in [0.29, 0.717) is 0 Å². The summed E-state index contributed by atoms with van der Waals surface area (Å²) in [5, 5.41) is 0. The molecular weight excluding hydrogens is 168 g/mol. The van der Waals surface area contributed by atoms with Gasteiger partial charge in [0.25, 0.3) is 0 Å². The number of allylic oxidation sites excluding steroid dienone is 1. The van der Waals surface area contributed by atoms with Gasteiger partial charge in [0.05, 0.1) is 0 Å². The van der Waals surface area contributed by atoms with E-state index < -0.39 is 0 Å². The summed E-state index contributed by atoms with van der Waals surface area (Å²) >= 11 is 0. The second-order valence-corrected chi connectivity index (χ2v) is 3.17. The smallest absolute Gasteiger partial charge is 0.0228 e. The third-order valence-corrected chi connectivity index (χ3v) is 1.97. The number of hydrogen-bond donors (Lipinski definition) is 0. The van der Waals surface area contributed by atoms with Crippen LogP contribution in [0.4, 0.5) is 0 Å². The van der Waals surface area contributed by atoms with Crippen LogP contribution in [0, 0.1) is 13.8 Å². The summed E-state index contributed by atoms with van der Waals surface area (Å²) in [7, 11) is 0. The van der Waals surface area contributed by atoms with Gasteiger partial charge in [-0.15, -0.1) is 0 Å². The van der Waals surface area contributed by atoms with Crippen molar-refractivity contribution in [3.05, 3.63) is 41.0 Å². The van der Waals surface area contributed by atoms with Gasteiger partial charge in [-0.25, -0.2) is 0 Å². The highest BCUT2D eigenvalue weighted by molar-refractivity contribution is 5.54. The molecule has 1 aromatic carbocycles. The van der Waals surface area contributed by atoms with Crippen LogP contribution in [0.3, 0.4) is 0 Å². The van der Waals surface area contributed by atoms with Crippen LogP contribution in [-0.4, -0.2) is 0 Å². The third kappa shape index (κ3) is 4.27. The second kappa shape index (κ2) is 7.37. The minimum absolute atomic E-state index is 1.10. The molecule has 0 unspecified atom stereocenters. The molecular formula is C14H22. The highest BCUT2D eigenvalue weighted by atomic mass is 14.0. The van der Waals surface area contributed by atoms with Crippen LogP contribution in [-0.2, 0) is 0 Å². The molecule has 0 aliphatic rings. The SMILES string of the molecule is CC.CC/C=C\c1cc(C)ccc1C. The predicted octanol–water partition coefficient (Wildman–Crippen LogP) is 4.75. The molecule has 0 bridgehead atoms. The Bertz CT molecular complexity index is 282. The van der Waals surface area contributed by atoms with E-state index in [1.807, 2.05) is 13.8 Å². The van der Waals surface area contributed by atoms with Crippen LogP contribution < -0.4 is 0 Å². The molecule has 78 valence electrons. The minimum Gasteiger partial charge on any atom is -0.0842 e. The van der Waals surface area contributed by atoms with Crippen LogP contribution in [0.25, 0.3) is 6.08 Å². The Kier molecular flexibility index (Phi) is 6.82. The average Bonchev–Trinajstić information content (AvgIpc) is 2.22. The summed E-state index contributed by atoms with van der Waals surface area (Å²) in [6.07, 6.45) is 5.50.